The molecule has 2 aliphatic heterocycles. The minimum atomic E-state index is -0.577. The van der Waals surface area contributed by atoms with Crippen molar-refractivity contribution in [3.05, 3.63) is 0 Å². The first-order chi connectivity index (χ1) is 7.02. The zero-order chi connectivity index (χ0) is 11.1. The van der Waals surface area contributed by atoms with Gasteiger partial charge < -0.3 is 24.1 Å². The number of rotatable bonds is 2. The van der Waals surface area contributed by atoms with Crippen LogP contribution in [-0.4, -0.2) is 49.2 Å². The third-order valence-electron chi connectivity index (χ3n) is 2.77. The Kier molecular flexibility index (Phi) is 3.00. The van der Waals surface area contributed by atoms with Crippen LogP contribution in [0.2, 0.25) is 0 Å². The van der Waals surface area contributed by atoms with Crippen molar-refractivity contribution < 1.29 is 24.1 Å². The topological polar surface area (TPSA) is 57.2 Å². The number of aliphatic hydroxyl groups excluding tert-OH is 1. The fourth-order valence-corrected chi connectivity index (χ4v) is 2.02. The number of ether oxygens (including phenoxy) is 4. The van der Waals surface area contributed by atoms with Gasteiger partial charge in [-0.3, -0.25) is 0 Å². The summed E-state index contributed by atoms with van der Waals surface area (Å²) in [5, 5.41) is 9.60. The molecule has 0 bridgehead atoms. The molecule has 2 fully saturated rings. The highest BCUT2D eigenvalue weighted by atomic mass is 16.8. The molecule has 2 aliphatic rings. The standard InChI is InChI=1S/C10H18O5/c1-10(2)13-5-8(15-10)7-4-6(11)9(12-3)14-7/h6-9,11H,4-5H2,1-3H3/t6-,7-,8-,9-/m1/s1. The fraction of sp³-hybridized carbons (Fsp3) is 1.00. The second-order valence-corrected chi connectivity index (χ2v) is 4.45. The Morgan fingerprint density at radius 1 is 1.33 bits per heavy atom. The summed E-state index contributed by atoms with van der Waals surface area (Å²) < 4.78 is 21.6. The minimum Gasteiger partial charge on any atom is -0.388 e. The van der Waals surface area contributed by atoms with E-state index in [-0.39, 0.29) is 12.2 Å². The normalized spacial score (nSPS) is 44.8. The highest BCUT2D eigenvalue weighted by Crippen LogP contribution is 2.31. The van der Waals surface area contributed by atoms with Crippen molar-refractivity contribution in [3.63, 3.8) is 0 Å². The molecule has 0 spiro atoms. The van der Waals surface area contributed by atoms with E-state index in [0.29, 0.717) is 13.0 Å². The smallest absolute Gasteiger partial charge is 0.183 e. The summed E-state index contributed by atoms with van der Waals surface area (Å²) in [6, 6.07) is 0. The van der Waals surface area contributed by atoms with Crippen molar-refractivity contribution in [1.29, 1.82) is 0 Å². The minimum absolute atomic E-state index is 0.116. The highest BCUT2D eigenvalue weighted by Gasteiger charge is 2.44. The van der Waals surface area contributed by atoms with Crippen LogP contribution in [0.5, 0.6) is 0 Å². The second kappa shape index (κ2) is 3.99. The quantitative estimate of drug-likeness (QED) is 0.720. The molecular formula is C10H18O5. The summed E-state index contributed by atoms with van der Waals surface area (Å²) in [5.41, 5.74) is 0. The van der Waals surface area contributed by atoms with Crippen LogP contribution in [0.1, 0.15) is 20.3 Å². The molecule has 4 atom stereocenters. The van der Waals surface area contributed by atoms with Crippen LogP contribution in [0.25, 0.3) is 0 Å². The average Bonchev–Trinajstić information content (AvgIpc) is 2.69. The molecule has 0 aromatic heterocycles. The van der Waals surface area contributed by atoms with E-state index in [0.717, 1.165) is 0 Å². The second-order valence-electron chi connectivity index (χ2n) is 4.45. The maximum atomic E-state index is 9.60. The van der Waals surface area contributed by atoms with E-state index in [9.17, 15) is 5.11 Å². The van der Waals surface area contributed by atoms with Crippen molar-refractivity contribution in [2.24, 2.45) is 0 Å². The fourth-order valence-electron chi connectivity index (χ4n) is 2.02. The summed E-state index contributed by atoms with van der Waals surface area (Å²) in [7, 11) is 1.52. The summed E-state index contributed by atoms with van der Waals surface area (Å²) in [4.78, 5) is 0. The lowest BCUT2D eigenvalue weighted by Gasteiger charge is -2.20. The highest BCUT2D eigenvalue weighted by molar-refractivity contribution is 4.86. The van der Waals surface area contributed by atoms with Gasteiger partial charge in [0.1, 0.15) is 12.2 Å². The van der Waals surface area contributed by atoms with E-state index in [1.54, 1.807) is 0 Å². The molecule has 0 aromatic carbocycles. The van der Waals surface area contributed by atoms with Crippen LogP contribution in [0, 0.1) is 0 Å². The molecule has 0 aromatic rings. The molecule has 15 heavy (non-hydrogen) atoms. The van der Waals surface area contributed by atoms with Crippen molar-refractivity contribution in [2.45, 2.75) is 50.7 Å². The molecule has 0 unspecified atom stereocenters. The summed E-state index contributed by atoms with van der Waals surface area (Å²) >= 11 is 0. The molecule has 0 saturated carbocycles. The maximum Gasteiger partial charge on any atom is 0.183 e. The van der Waals surface area contributed by atoms with E-state index in [1.165, 1.54) is 7.11 Å². The van der Waals surface area contributed by atoms with Gasteiger partial charge in [0, 0.05) is 13.5 Å². The van der Waals surface area contributed by atoms with E-state index >= 15 is 0 Å². The van der Waals surface area contributed by atoms with Gasteiger partial charge in [0.2, 0.25) is 0 Å². The van der Waals surface area contributed by atoms with Crippen LogP contribution in [0.4, 0.5) is 0 Å². The maximum absolute atomic E-state index is 9.60. The molecule has 2 rings (SSSR count). The van der Waals surface area contributed by atoms with Gasteiger partial charge in [-0.2, -0.15) is 0 Å². The first kappa shape index (κ1) is 11.3. The van der Waals surface area contributed by atoms with Gasteiger partial charge >= 0.3 is 0 Å². The number of hydrogen-bond acceptors (Lipinski definition) is 5. The lowest BCUT2D eigenvalue weighted by molar-refractivity contribution is -0.183. The molecule has 0 amide bonds. The van der Waals surface area contributed by atoms with Crippen LogP contribution in [0.15, 0.2) is 0 Å². The van der Waals surface area contributed by atoms with Crippen molar-refractivity contribution in [2.75, 3.05) is 13.7 Å². The van der Waals surface area contributed by atoms with Crippen molar-refractivity contribution >= 4 is 0 Å². The Bertz CT molecular complexity index is 230. The molecule has 5 heteroatoms. The van der Waals surface area contributed by atoms with Crippen molar-refractivity contribution in [1.82, 2.24) is 0 Å². The molecular weight excluding hydrogens is 200 g/mol. The molecule has 2 heterocycles. The number of aliphatic hydroxyl groups is 1. The Labute approximate surface area is 89.3 Å². The summed E-state index contributed by atoms with van der Waals surface area (Å²) in [5.74, 6) is -0.551. The van der Waals surface area contributed by atoms with E-state index < -0.39 is 18.2 Å². The first-order valence-electron chi connectivity index (χ1n) is 5.20. The SMILES string of the molecule is CO[C@@H]1O[C@@H]([C@H]2COC(C)(C)O2)C[C@H]1O. The first-order valence-corrected chi connectivity index (χ1v) is 5.20. The van der Waals surface area contributed by atoms with Crippen LogP contribution >= 0.6 is 0 Å². The zero-order valence-corrected chi connectivity index (χ0v) is 9.30. The van der Waals surface area contributed by atoms with Gasteiger partial charge in [-0.1, -0.05) is 0 Å². The van der Waals surface area contributed by atoms with Gasteiger partial charge in [0.25, 0.3) is 0 Å². The zero-order valence-electron chi connectivity index (χ0n) is 9.30. The largest absolute Gasteiger partial charge is 0.388 e. The predicted octanol–water partition coefficient (Wildman–Crippen LogP) is 0.260. The number of methoxy groups -OCH3 is 1. The van der Waals surface area contributed by atoms with Gasteiger partial charge in [0.15, 0.2) is 12.1 Å². The third-order valence-corrected chi connectivity index (χ3v) is 2.77. The predicted molar refractivity (Wildman–Crippen MR) is 51.2 cm³/mol. The Morgan fingerprint density at radius 3 is 2.53 bits per heavy atom. The molecule has 0 radical (unpaired) electrons. The summed E-state index contributed by atoms with van der Waals surface area (Å²) in [6.07, 6.45) is -0.848. The van der Waals surface area contributed by atoms with Gasteiger partial charge in [-0.05, 0) is 13.8 Å². The Hall–Kier alpha value is -0.200. The van der Waals surface area contributed by atoms with E-state index in [1.807, 2.05) is 13.8 Å². The molecule has 5 nitrogen and oxygen atoms in total. The average molecular weight is 218 g/mol. The molecule has 0 aliphatic carbocycles. The lowest BCUT2D eigenvalue weighted by atomic mass is 10.1. The van der Waals surface area contributed by atoms with E-state index in [2.05, 4.69) is 0 Å². The van der Waals surface area contributed by atoms with Crippen LogP contribution < -0.4 is 0 Å². The monoisotopic (exact) mass is 218 g/mol. The number of hydrogen-bond donors (Lipinski definition) is 1. The van der Waals surface area contributed by atoms with Gasteiger partial charge in [0.05, 0.1) is 12.7 Å². The third kappa shape index (κ3) is 2.32. The molecule has 2 saturated heterocycles. The van der Waals surface area contributed by atoms with E-state index in [4.69, 9.17) is 18.9 Å². The molecule has 1 N–H and O–H groups in total. The Morgan fingerprint density at radius 2 is 2.07 bits per heavy atom. The van der Waals surface area contributed by atoms with Gasteiger partial charge in [-0.15, -0.1) is 0 Å². The molecule has 88 valence electrons. The Balaban J connectivity index is 1.91. The van der Waals surface area contributed by atoms with Crippen molar-refractivity contribution in [3.8, 4) is 0 Å². The summed E-state index contributed by atoms with van der Waals surface area (Å²) in [6.45, 7) is 4.24. The van der Waals surface area contributed by atoms with Crippen LogP contribution in [-0.2, 0) is 18.9 Å². The lowest BCUT2D eigenvalue weighted by Crippen LogP contribution is -2.31. The van der Waals surface area contributed by atoms with Gasteiger partial charge in [-0.25, -0.2) is 0 Å². The van der Waals surface area contributed by atoms with Crippen LogP contribution in [0.3, 0.4) is 0 Å².